The Kier molecular flexibility index (Phi) is 6.89. The van der Waals surface area contributed by atoms with Crippen molar-refractivity contribution in [3.63, 3.8) is 0 Å². The van der Waals surface area contributed by atoms with E-state index in [9.17, 15) is 13.2 Å². The highest BCUT2D eigenvalue weighted by atomic mass is 32.2. The van der Waals surface area contributed by atoms with Crippen molar-refractivity contribution >= 4 is 16.0 Å². The smallest absolute Gasteiger partial charge is 0.338 e. The van der Waals surface area contributed by atoms with Gasteiger partial charge in [0.25, 0.3) is 0 Å². The molecule has 1 unspecified atom stereocenters. The van der Waals surface area contributed by atoms with Crippen LogP contribution in [0.3, 0.4) is 0 Å². The second-order valence-electron chi connectivity index (χ2n) is 6.98. The molecule has 29 heavy (non-hydrogen) atoms. The van der Waals surface area contributed by atoms with Gasteiger partial charge in [-0.2, -0.15) is 0 Å². The number of esters is 1. The van der Waals surface area contributed by atoms with Gasteiger partial charge in [-0.25, -0.2) is 17.5 Å². The first-order chi connectivity index (χ1) is 13.9. The molecule has 0 N–H and O–H groups in total. The summed E-state index contributed by atoms with van der Waals surface area (Å²) in [6.07, 6.45) is 2.19. The Balaban J connectivity index is 1.55. The number of hydrogen-bond acceptors (Lipinski definition) is 6. The van der Waals surface area contributed by atoms with Crippen LogP contribution in [0.5, 0.6) is 5.75 Å². The van der Waals surface area contributed by atoms with Gasteiger partial charge in [0.1, 0.15) is 19.0 Å². The summed E-state index contributed by atoms with van der Waals surface area (Å²) in [7, 11) is -0.600. The van der Waals surface area contributed by atoms with E-state index in [4.69, 9.17) is 14.2 Å². The van der Waals surface area contributed by atoms with Gasteiger partial charge in [0.05, 0.1) is 16.6 Å². The highest BCUT2D eigenvalue weighted by Crippen LogP contribution is 2.18. The van der Waals surface area contributed by atoms with Crippen molar-refractivity contribution < 1.29 is 27.4 Å². The molecule has 1 saturated heterocycles. The lowest BCUT2D eigenvalue weighted by Gasteiger charge is -2.13. The molecule has 1 heterocycles. The first-order valence-corrected chi connectivity index (χ1v) is 10.8. The highest BCUT2D eigenvalue weighted by Gasteiger charge is 2.18. The van der Waals surface area contributed by atoms with E-state index < -0.39 is 16.0 Å². The van der Waals surface area contributed by atoms with Crippen molar-refractivity contribution in [2.24, 2.45) is 0 Å². The molecule has 0 aromatic heterocycles. The summed E-state index contributed by atoms with van der Waals surface area (Å²) in [4.78, 5) is 12.4. The molecule has 0 aliphatic carbocycles. The maximum atomic E-state index is 12.3. The normalized spacial score (nSPS) is 16.7. The molecule has 8 heteroatoms. The molecule has 2 aromatic rings. The van der Waals surface area contributed by atoms with Gasteiger partial charge in [0.15, 0.2) is 0 Å². The number of rotatable bonds is 8. The minimum absolute atomic E-state index is 0.0209. The molecular formula is C21H25NO6S. The quantitative estimate of drug-likeness (QED) is 0.612. The maximum Gasteiger partial charge on any atom is 0.338 e. The summed E-state index contributed by atoms with van der Waals surface area (Å²) in [5, 5.41) is 0. The lowest BCUT2D eigenvalue weighted by Crippen LogP contribution is -2.22. The number of benzene rings is 2. The zero-order valence-corrected chi connectivity index (χ0v) is 17.4. The van der Waals surface area contributed by atoms with Crippen LogP contribution in [0.1, 0.15) is 28.8 Å². The molecule has 1 atom stereocenters. The number of ether oxygens (including phenoxy) is 3. The summed E-state index contributed by atoms with van der Waals surface area (Å²) < 4.78 is 42.1. The van der Waals surface area contributed by atoms with E-state index >= 15 is 0 Å². The van der Waals surface area contributed by atoms with Crippen LogP contribution in [0.2, 0.25) is 0 Å². The van der Waals surface area contributed by atoms with Crippen LogP contribution in [0.25, 0.3) is 0 Å². The number of carbonyl (C=O) groups excluding carboxylic acids is 1. The van der Waals surface area contributed by atoms with Gasteiger partial charge in [-0.15, -0.1) is 0 Å². The summed E-state index contributed by atoms with van der Waals surface area (Å²) >= 11 is 0. The fourth-order valence-corrected chi connectivity index (χ4v) is 3.86. The molecule has 156 valence electrons. The predicted molar refractivity (Wildman–Crippen MR) is 107 cm³/mol. The Labute approximate surface area is 171 Å². The lowest BCUT2D eigenvalue weighted by molar-refractivity contribution is 0.0472. The number of carbonyl (C=O) groups is 1. The van der Waals surface area contributed by atoms with Crippen LogP contribution in [0, 0.1) is 0 Å². The second-order valence-corrected chi connectivity index (χ2v) is 9.13. The number of sulfonamides is 1. The van der Waals surface area contributed by atoms with E-state index in [0.29, 0.717) is 23.5 Å². The Morgan fingerprint density at radius 3 is 2.59 bits per heavy atom. The zero-order chi connectivity index (χ0) is 20.9. The molecule has 2 aromatic carbocycles. The van der Waals surface area contributed by atoms with Crippen LogP contribution in [0.4, 0.5) is 0 Å². The topological polar surface area (TPSA) is 82.1 Å². The van der Waals surface area contributed by atoms with E-state index in [2.05, 4.69) is 0 Å². The SMILES string of the molecule is CN(C)S(=O)(=O)c1cccc(COC(=O)c2ccc(OCC3CCCO3)cc2)c1. The van der Waals surface area contributed by atoms with E-state index in [-0.39, 0.29) is 17.6 Å². The molecule has 3 rings (SSSR count). The monoisotopic (exact) mass is 419 g/mol. The van der Waals surface area contributed by atoms with Gasteiger partial charge in [0.2, 0.25) is 10.0 Å². The minimum Gasteiger partial charge on any atom is -0.491 e. The van der Waals surface area contributed by atoms with Gasteiger partial charge in [-0.3, -0.25) is 0 Å². The fraction of sp³-hybridized carbons (Fsp3) is 0.381. The summed E-state index contributed by atoms with van der Waals surface area (Å²) in [6, 6.07) is 13.1. The van der Waals surface area contributed by atoms with Gasteiger partial charge < -0.3 is 14.2 Å². The second kappa shape index (κ2) is 9.39. The molecule has 1 aliphatic heterocycles. The Morgan fingerprint density at radius 2 is 1.93 bits per heavy atom. The largest absolute Gasteiger partial charge is 0.491 e. The third-order valence-electron chi connectivity index (χ3n) is 4.60. The summed E-state index contributed by atoms with van der Waals surface area (Å²) in [5.41, 5.74) is 0.990. The van der Waals surface area contributed by atoms with Crippen molar-refractivity contribution in [3.8, 4) is 5.75 Å². The highest BCUT2D eigenvalue weighted by molar-refractivity contribution is 7.89. The Hall–Kier alpha value is -2.42. The fourth-order valence-electron chi connectivity index (χ4n) is 2.89. The number of nitrogens with zero attached hydrogens (tertiary/aromatic N) is 1. The molecule has 1 aliphatic rings. The lowest BCUT2D eigenvalue weighted by atomic mass is 10.2. The van der Waals surface area contributed by atoms with Crippen LogP contribution < -0.4 is 4.74 Å². The molecule has 0 saturated carbocycles. The van der Waals surface area contributed by atoms with Crippen LogP contribution in [-0.4, -0.2) is 52.1 Å². The van der Waals surface area contributed by atoms with E-state index in [0.717, 1.165) is 23.8 Å². The van der Waals surface area contributed by atoms with Crippen molar-refractivity contribution in [3.05, 3.63) is 59.7 Å². The third kappa shape index (κ3) is 5.56. The molecule has 0 spiro atoms. The average Bonchev–Trinajstić information content (AvgIpc) is 3.24. The van der Waals surface area contributed by atoms with E-state index in [1.165, 1.54) is 26.2 Å². The van der Waals surface area contributed by atoms with Crippen molar-refractivity contribution in [2.45, 2.75) is 30.4 Å². The third-order valence-corrected chi connectivity index (χ3v) is 6.41. The van der Waals surface area contributed by atoms with Gasteiger partial charge in [-0.1, -0.05) is 12.1 Å². The average molecular weight is 419 g/mol. The predicted octanol–water partition coefficient (Wildman–Crippen LogP) is 2.85. The molecule has 0 bridgehead atoms. The molecule has 7 nitrogen and oxygen atoms in total. The van der Waals surface area contributed by atoms with Gasteiger partial charge >= 0.3 is 5.97 Å². The zero-order valence-electron chi connectivity index (χ0n) is 16.5. The van der Waals surface area contributed by atoms with Crippen LogP contribution >= 0.6 is 0 Å². The maximum absolute atomic E-state index is 12.3. The van der Waals surface area contributed by atoms with Crippen LogP contribution in [0.15, 0.2) is 53.4 Å². The van der Waals surface area contributed by atoms with Crippen molar-refractivity contribution in [1.29, 1.82) is 0 Å². The molecule has 0 radical (unpaired) electrons. The van der Waals surface area contributed by atoms with Crippen molar-refractivity contribution in [2.75, 3.05) is 27.3 Å². The standard InChI is InChI=1S/C21H25NO6S/c1-22(2)29(24,25)20-7-3-5-16(13-20)14-28-21(23)17-8-10-18(11-9-17)27-15-19-6-4-12-26-19/h3,5,7-11,13,19H,4,6,12,14-15H2,1-2H3. The van der Waals surface area contributed by atoms with E-state index in [1.54, 1.807) is 36.4 Å². The van der Waals surface area contributed by atoms with Crippen LogP contribution in [-0.2, 0) is 26.1 Å². The molecule has 0 amide bonds. The molecular weight excluding hydrogens is 394 g/mol. The van der Waals surface area contributed by atoms with Crippen molar-refractivity contribution in [1.82, 2.24) is 4.31 Å². The Bertz CT molecular complexity index is 934. The Morgan fingerprint density at radius 1 is 1.17 bits per heavy atom. The summed E-state index contributed by atoms with van der Waals surface area (Å²) in [6.45, 7) is 1.26. The summed E-state index contributed by atoms with van der Waals surface area (Å²) in [5.74, 6) is 0.176. The van der Waals surface area contributed by atoms with Gasteiger partial charge in [-0.05, 0) is 54.8 Å². The van der Waals surface area contributed by atoms with E-state index in [1.807, 2.05) is 0 Å². The first-order valence-electron chi connectivity index (χ1n) is 9.39. The molecule has 1 fully saturated rings. The number of hydrogen-bond donors (Lipinski definition) is 0. The van der Waals surface area contributed by atoms with Gasteiger partial charge in [0, 0.05) is 20.7 Å². The minimum atomic E-state index is -3.54. The first kappa shape index (κ1) is 21.3.